The standard InChI is InChI=1S/C14H19N5O/c1-3-4-9-7-13(9)19-14(16-17-18-19)10-5-11(15)8-12(6-10)20-2/h5-6,8-9,13H,3-4,7,15H2,1-2H3. The Morgan fingerprint density at radius 3 is 3.00 bits per heavy atom. The molecule has 1 aromatic heterocycles. The summed E-state index contributed by atoms with van der Waals surface area (Å²) in [5.41, 5.74) is 7.45. The molecule has 3 rings (SSSR count). The number of benzene rings is 1. The van der Waals surface area contributed by atoms with E-state index in [1.807, 2.05) is 16.8 Å². The molecule has 0 aliphatic heterocycles. The van der Waals surface area contributed by atoms with Crippen molar-refractivity contribution in [1.29, 1.82) is 0 Å². The summed E-state index contributed by atoms with van der Waals surface area (Å²) in [5.74, 6) is 2.18. The zero-order valence-electron chi connectivity index (χ0n) is 11.8. The molecule has 6 heteroatoms. The highest BCUT2D eigenvalue weighted by Crippen LogP contribution is 2.47. The Hall–Kier alpha value is -2.11. The molecule has 2 aromatic rings. The summed E-state index contributed by atoms with van der Waals surface area (Å²) < 4.78 is 7.18. The van der Waals surface area contributed by atoms with E-state index in [0.29, 0.717) is 17.6 Å². The lowest BCUT2D eigenvalue weighted by molar-refractivity contribution is 0.415. The molecule has 0 spiro atoms. The second-order valence-corrected chi connectivity index (χ2v) is 5.29. The highest BCUT2D eigenvalue weighted by Gasteiger charge is 2.40. The van der Waals surface area contributed by atoms with E-state index in [4.69, 9.17) is 10.5 Å². The van der Waals surface area contributed by atoms with E-state index in [2.05, 4.69) is 22.4 Å². The van der Waals surface area contributed by atoms with Crippen LogP contribution in [-0.4, -0.2) is 27.3 Å². The Kier molecular flexibility index (Phi) is 3.30. The molecule has 1 saturated carbocycles. The van der Waals surface area contributed by atoms with E-state index in [-0.39, 0.29) is 0 Å². The van der Waals surface area contributed by atoms with Crippen molar-refractivity contribution in [3.63, 3.8) is 0 Å². The molecule has 1 aromatic carbocycles. The van der Waals surface area contributed by atoms with Crippen LogP contribution in [0, 0.1) is 5.92 Å². The van der Waals surface area contributed by atoms with Crippen molar-refractivity contribution >= 4 is 5.69 Å². The fourth-order valence-electron chi connectivity index (χ4n) is 2.69. The van der Waals surface area contributed by atoms with E-state index in [1.54, 1.807) is 13.2 Å². The molecule has 1 aliphatic rings. The molecule has 0 saturated heterocycles. The zero-order valence-corrected chi connectivity index (χ0v) is 11.8. The molecule has 6 nitrogen and oxygen atoms in total. The van der Waals surface area contributed by atoms with Crippen LogP contribution >= 0.6 is 0 Å². The fraction of sp³-hybridized carbons (Fsp3) is 0.500. The van der Waals surface area contributed by atoms with Crippen LogP contribution in [0.15, 0.2) is 18.2 Å². The average Bonchev–Trinajstić information content (AvgIpc) is 3.02. The molecular formula is C14H19N5O. The first kappa shape index (κ1) is 12.9. The van der Waals surface area contributed by atoms with Crippen LogP contribution in [0.5, 0.6) is 5.75 Å². The van der Waals surface area contributed by atoms with Crippen LogP contribution in [0.4, 0.5) is 5.69 Å². The van der Waals surface area contributed by atoms with Gasteiger partial charge in [0.05, 0.1) is 13.2 Å². The van der Waals surface area contributed by atoms with Crippen LogP contribution in [0.25, 0.3) is 11.4 Å². The summed E-state index contributed by atoms with van der Waals surface area (Å²) in [4.78, 5) is 0. The maximum atomic E-state index is 5.90. The topological polar surface area (TPSA) is 78.9 Å². The van der Waals surface area contributed by atoms with Gasteiger partial charge in [0.2, 0.25) is 0 Å². The van der Waals surface area contributed by atoms with Crippen molar-refractivity contribution in [3.05, 3.63) is 18.2 Å². The lowest BCUT2D eigenvalue weighted by Crippen LogP contribution is -2.02. The smallest absolute Gasteiger partial charge is 0.182 e. The minimum atomic E-state index is 0.423. The molecule has 1 heterocycles. The highest BCUT2D eigenvalue weighted by molar-refractivity contribution is 5.64. The highest BCUT2D eigenvalue weighted by atomic mass is 16.5. The number of aromatic nitrogens is 4. The molecule has 0 amide bonds. The second kappa shape index (κ2) is 5.11. The second-order valence-electron chi connectivity index (χ2n) is 5.29. The van der Waals surface area contributed by atoms with Gasteiger partial charge in [-0.15, -0.1) is 5.10 Å². The first-order valence-electron chi connectivity index (χ1n) is 6.95. The first-order chi connectivity index (χ1) is 9.72. The minimum Gasteiger partial charge on any atom is -0.497 e. The molecule has 106 valence electrons. The van der Waals surface area contributed by atoms with Gasteiger partial charge in [0, 0.05) is 17.3 Å². The number of hydrogen-bond acceptors (Lipinski definition) is 5. The number of nitrogen functional groups attached to an aromatic ring is 1. The van der Waals surface area contributed by atoms with Gasteiger partial charge >= 0.3 is 0 Å². The van der Waals surface area contributed by atoms with Gasteiger partial charge < -0.3 is 10.5 Å². The van der Waals surface area contributed by atoms with E-state index >= 15 is 0 Å². The quantitative estimate of drug-likeness (QED) is 0.845. The predicted molar refractivity (Wildman–Crippen MR) is 76.3 cm³/mol. The number of rotatable bonds is 5. The van der Waals surface area contributed by atoms with Gasteiger partial charge in [-0.2, -0.15) is 0 Å². The molecule has 0 radical (unpaired) electrons. The molecule has 2 atom stereocenters. The Labute approximate surface area is 117 Å². The van der Waals surface area contributed by atoms with Crippen LogP contribution in [-0.2, 0) is 0 Å². The van der Waals surface area contributed by atoms with Gasteiger partial charge in [0.1, 0.15) is 5.75 Å². The van der Waals surface area contributed by atoms with E-state index in [0.717, 1.165) is 23.6 Å². The fourth-order valence-corrected chi connectivity index (χ4v) is 2.69. The Balaban J connectivity index is 1.92. The maximum Gasteiger partial charge on any atom is 0.182 e. The maximum absolute atomic E-state index is 5.90. The number of hydrogen-bond donors (Lipinski definition) is 1. The van der Waals surface area contributed by atoms with Crippen molar-refractivity contribution in [3.8, 4) is 17.1 Å². The van der Waals surface area contributed by atoms with Crippen LogP contribution < -0.4 is 10.5 Å². The number of tetrazole rings is 1. The molecule has 1 aliphatic carbocycles. The van der Waals surface area contributed by atoms with Crippen LogP contribution in [0.2, 0.25) is 0 Å². The third kappa shape index (κ3) is 2.33. The van der Waals surface area contributed by atoms with E-state index < -0.39 is 0 Å². The molecule has 1 fully saturated rings. The molecule has 0 bridgehead atoms. The summed E-state index contributed by atoms with van der Waals surface area (Å²) >= 11 is 0. The van der Waals surface area contributed by atoms with Crippen molar-refractivity contribution in [2.24, 2.45) is 5.92 Å². The van der Waals surface area contributed by atoms with Gasteiger partial charge in [0.15, 0.2) is 5.82 Å². The largest absolute Gasteiger partial charge is 0.497 e. The monoisotopic (exact) mass is 273 g/mol. The summed E-state index contributed by atoms with van der Waals surface area (Å²) in [7, 11) is 1.62. The van der Waals surface area contributed by atoms with Crippen LogP contribution in [0.1, 0.15) is 32.2 Å². The number of nitrogens with zero attached hydrogens (tertiary/aromatic N) is 4. The summed E-state index contributed by atoms with van der Waals surface area (Å²) in [5, 5.41) is 12.1. The normalized spacial score (nSPS) is 20.9. The summed E-state index contributed by atoms with van der Waals surface area (Å²) in [6.45, 7) is 2.21. The Morgan fingerprint density at radius 1 is 1.40 bits per heavy atom. The number of anilines is 1. The van der Waals surface area contributed by atoms with E-state index in [9.17, 15) is 0 Å². The lowest BCUT2D eigenvalue weighted by atomic mass is 10.1. The van der Waals surface area contributed by atoms with Crippen molar-refractivity contribution in [2.75, 3.05) is 12.8 Å². The Morgan fingerprint density at radius 2 is 2.25 bits per heavy atom. The van der Waals surface area contributed by atoms with Gasteiger partial charge in [-0.1, -0.05) is 13.3 Å². The van der Waals surface area contributed by atoms with Crippen LogP contribution in [0.3, 0.4) is 0 Å². The van der Waals surface area contributed by atoms with Crippen molar-refractivity contribution in [1.82, 2.24) is 20.2 Å². The Bertz CT molecular complexity index is 609. The van der Waals surface area contributed by atoms with Gasteiger partial charge in [-0.25, -0.2) is 4.68 Å². The van der Waals surface area contributed by atoms with E-state index in [1.165, 1.54) is 12.8 Å². The van der Waals surface area contributed by atoms with Crippen molar-refractivity contribution < 1.29 is 4.74 Å². The molecular weight excluding hydrogens is 254 g/mol. The number of ether oxygens (including phenoxy) is 1. The minimum absolute atomic E-state index is 0.423. The average molecular weight is 273 g/mol. The SMILES string of the molecule is CCCC1CC1n1nnnc1-c1cc(N)cc(OC)c1. The van der Waals surface area contributed by atoms with Crippen molar-refractivity contribution in [2.45, 2.75) is 32.2 Å². The lowest BCUT2D eigenvalue weighted by Gasteiger charge is -2.07. The molecule has 2 N–H and O–H groups in total. The molecule has 2 unspecified atom stereocenters. The third-order valence-electron chi connectivity index (χ3n) is 3.77. The summed E-state index contributed by atoms with van der Waals surface area (Å²) in [6.07, 6.45) is 3.58. The number of methoxy groups -OCH3 is 1. The third-order valence-corrected chi connectivity index (χ3v) is 3.77. The summed E-state index contributed by atoms with van der Waals surface area (Å²) in [6, 6.07) is 6.00. The zero-order chi connectivity index (χ0) is 14.1. The van der Waals surface area contributed by atoms with Gasteiger partial charge in [-0.05, 0) is 41.3 Å². The first-order valence-corrected chi connectivity index (χ1v) is 6.95. The molecule has 20 heavy (non-hydrogen) atoms. The predicted octanol–water partition coefficient (Wildman–Crippen LogP) is 2.29. The van der Waals surface area contributed by atoms with Gasteiger partial charge in [-0.3, -0.25) is 0 Å². The number of nitrogens with two attached hydrogens (primary N) is 1. The van der Waals surface area contributed by atoms with Gasteiger partial charge in [0.25, 0.3) is 0 Å².